The third-order valence-corrected chi connectivity index (χ3v) is 6.23. The van der Waals surface area contributed by atoms with Crippen molar-refractivity contribution in [3.8, 4) is 22.4 Å². The van der Waals surface area contributed by atoms with E-state index in [-0.39, 0.29) is 37.1 Å². The summed E-state index contributed by atoms with van der Waals surface area (Å²) < 4.78 is 0. The Bertz CT molecular complexity index is 1430. The second kappa shape index (κ2) is 10.3. The molecule has 1 aliphatic rings. The van der Waals surface area contributed by atoms with E-state index in [1.54, 1.807) is 0 Å². The average molecular weight is 641 g/mol. The van der Waals surface area contributed by atoms with Crippen molar-refractivity contribution < 1.29 is 30.0 Å². The number of aryl methyl sites for hydroxylation is 2. The van der Waals surface area contributed by atoms with Crippen LogP contribution in [0.2, 0.25) is 0 Å². The Labute approximate surface area is 221 Å². The van der Waals surface area contributed by atoms with Crippen LogP contribution < -0.4 is 0 Å². The maximum absolute atomic E-state index is 10.0. The van der Waals surface area contributed by atoms with Gasteiger partial charge in [0.05, 0.1) is 11.3 Å². The number of benzene rings is 3. The molecule has 1 N–H and O–H groups in total. The summed E-state index contributed by atoms with van der Waals surface area (Å²) >= 11 is 0. The number of pyridine rings is 1. The first-order valence-corrected chi connectivity index (χ1v) is 11.5. The molecule has 0 spiro atoms. The molecule has 1 heterocycles. The predicted molar refractivity (Wildman–Crippen MR) is 140 cm³/mol. The van der Waals surface area contributed by atoms with Gasteiger partial charge in [-0.2, -0.15) is 0 Å². The zero-order chi connectivity index (χ0) is 24.6. The fraction of sp³-hybridized carbons (Fsp3) is 0.226. The van der Waals surface area contributed by atoms with Crippen LogP contribution in [-0.4, -0.2) is 15.9 Å². The minimum absolute atomic E-state index is 0. The average Bonchev–Trinajstić information content (AvgIpc) is 2.98. The summed E-state index contributed by atoms with van der Waals surface area (Å²) in [7, 11) is 0. The van der Waals surface area contributed by atoms with E-state index < -0.39 is 0 Å². The summed E-state index contributed by atoms with van der Waals surface area (Å²) in [4.78, 5) is 15.0. The van der Waals surface area contributed by atoms with Crippen LogP contribution in [0.5, 0.6) is 0 Å². The smallest absolute Gasteiger partial charge is 0.155 e. The van der Waals surface area contributed by atoms with Gasteiger partial charge in [0, 0.05) is 31.6 Å². The third kappa shape index (κ3) is 5.45. The van der Waals surface area contributed by atoms with Gasteiger partial charge in [-0.15, -0.1) is 34.9 Å². The Morgan fingerprint density at radius 3 is 2.29 bits per heavy atom. The van der Waals surface area contributed by atoms with Crippen LogP contribution in [0.25, 0.3) is 33.3 Å². The molecule has 0 amide bonds. The molecule has 4 aromatic rings. The SMILES string of the molecule is CC(=O)/C=C(/C)O.Cc1[c-]c(-c2ccc3cc4c(cc3n2)C(C)(C)c2ccccc2-4)cc(C)c1.[Ir]. The zero-order valence-electron chi connectivity index (χ0n) is 21.0. The molecule has 0 unspecified atom stereocenters. The molecule has 0 saturated heterocycles. The van der Waals surface area contributed by atoms with Crippen LogP contribution in [0, 0.1) is 19.9 Å². The molecular formula is C31H30IrNO2-. The quantitative estimate of drug-likeness (QED) is 0.139. The second-order valence-corrected chi connectivity index (χ2v) is 9.61. The van der Waals surface area contributed by atoms with E-state index in [0.29, 0.717) is 0 Å². The van der Waals surface area contributed by atoms with Gasteiger partial charge < -0.3 is 5.11 Å². The van der Waals surface area contributed by atoms with Gasteiger partial charge in [-0.1, -0.05) is 64.1 Å². The molecule has 3 nitrogen and oxygen atoms in total. The molecule has 181 valence electrons. The van der Waals surface area contributed by atoms with Crippen molar-refractivity contribution in [1.82, 2.24) is 4.98 Å². The maximum Gasteiger partial charge on any atom is 0.155 e. The second-order valence-electron chi connectivity index (χ2n) is 9.61. The van der Waals surface area contributed by atoms with Crippen LogP contribution in [0.4, 0.5) is 0 Å². The molecule has 0 saturated carbocycles. The predicted octanol–water partition coefficient (Wildman–Crippen LogP) is 7.66. The van der Waals surface area contributed by atoms with Crippen LogP contribution in [-0.2, 0) is 30.3 Å². The summed E-state index contributed by atoms with van der Waals surface area (Å²) in [6, 6.07) is 25.4. The summed E-state index contributed by atoms with van der Waals surface area (Å²) in [6.07, 6.45) is 1.17. The van der Waals surface area contributed by atoms with Gasteiger partial charge in [0.15, 0.2) is 5.78 Å². The van der Waals surface area contributed by atoms with Crippen molar-refractivity contribution in [2.24, 2.45) is 0 Å². The van der Waals surface area contributed by atoms with E-state index in [0.717, 1.165) is 22.3 Å². The third-order valence-electron chi connectivity index (χ3n) is 6.23. The van der Waals surface area contributed by atoms with Gasteiger partial charge in [0.1, 0.15) is 0 Å². The Morgan fingerprint density at radius 1 is 0.943 bits per heavy atom. The van der Waals surface area contributed by atoms with Crippen molar-refractivity contribution in [2.75, 3.05) is 0 Å². The monoisotopic (exact) mass is 641 g/mol. The number of nitrogens with zero attached hydrogens (tertiary/aromatic N) is 1. The number of aliphatic hydroxyl groups excluding tert-OH is 1. The molecular weight excluding hydrogens is 611 g/mol. The normalized spacial score (nSPS) is 13.3. The van der Waals surface area contributed by atoms with Gasteiger partial charge in [-0.3, -0.25) is 9.78 Å². The van der Waals surface area contributed by atoms with Crippen LogP contribution >= 0.6 is 0 Å². The Morgan fingerprint density at radius 2 is 1.66 bits per heavy atom. The van der Waals surface area contributed by atoms with Gasteiger partial charge in [-0.05, 0) is 59.3 Å². The minimum atomic E-state index is -0.125. The molecule has 35 heavy (non-hydrogen) atoms. The zero-order valence-corrected chi connectivity index (χ0v) is 23.4. The Balaban J connectivity index is 0.000000378. The van der Waals surface area contributed by atoms with Crippen molar-refractivity contribution >= 4 is 16.7 Å². The number of aromatic nitrogens is 1. The first kappa shape index (κ1) is 26.5. The molecule has 0 atom stereocenters. The number of fused-ring (bicyclic) bond motifs is 4. The first-order chi connectivity index (χ1) is 16.1. The number of rotatable bonds is 2. The van der Waals surface area contributed by atoms with Gasteiger partial charge in [0.25, 0.3) is 0 Å². The summed E-state index contributed by atoms with van der Waals surface area (Å²) in [6.45, 7) is 11.7. The molecule has 3 aromatic carbocycles. The molecule has 1 aliphatic carbocycles. The number of allylic oxidation sites excluding steroid dienone is 2. The standard InChI is InChI=1S/C26H22N.C5H8O2.Ir/c1-16-11-17(2)13-19(12-16)24-10-9-18-14-21-20-7-5-6-8-22(20)26(3,4)23(21)15-25(18)27-24;1-4(6)3-5(2)7;/h5-12,14-15H,1-4H3;3,6H,1-2H3;/q-1;;/b;4-3-;. The van der Waals surface area contributed by atoms with Crippen LogP contribution in [0.1, 0.15) is 49.9 Å². The molecule has 5 rings (SSSR count). The van der Waals surface area contributed by atoms with Crippen LogP contribution in [0.15, 0.2) is 72.5 Å². The maximum atomic E-state index is 10.0. The number of ketones is 1. The van der Waals surface area contributed by atoms with Crippen molar-refractivity contribution in [1.29, 1.82) is 0 Å². The largest absolute Gasteiger partial charge is 0.512 e. The molecule has 0 aliphatic heterocycles. The number of carbonyl (C=O) groups is 1. The topological polar surface area (TPSA) is 50.2 Å². The van der Waals surface area contributed by atoms with Crippen molar-refractivity contribution in [3.63, 3.8) is 0 Å². The van der Waals surface area contributed by atoms with Gasteiger partial charge in [0.2, 0.25) is 0 Å². The number of aliphatic hydroxyl groups is 1. The van der Waals surface area contributed by atoms with Crippen molar-refractivity contribution in [3.05, 3.63) is 101 Å². The van der Waals surface area contributed by atoms with E-state index in [2.05, 4.69) is 94.4 Å². The van der Waals surface area contributed by atoms with E-state index in [1.165, 1.54) is 53.1 Å². The fourth-order valence-electron chi connectivity index (χ4n) is 4.80. The molecule has 1 aromatic heterocycles. The van der Waals surface area contributed by atoms with E-state index in [4.69, 9.17) is 10.1 Å². The van der Waals surface area contributed by atoms with Gasteiger partial charge >= 0.3 is 0 Å². The summed E-state index contributed by atoms with van der Waals surface area (Å²) in [5.74, 6) is -0.0625. The minimum Gasteiger partial charge on any atom is -0.512 e. The number of hydrogen-bond acceptors (Lipinski definition) is 3. The number of hydrogen-bond donors (Lipinski definition) is 1. The van der Waals surface area contributed by atoms with E-state index >= 15 is 0 Å². The fourth-order valence-corrected chi connectivity index (χ4v) is 4.80. The Kier molecular flexibility index (Phi) is 7.79. The molecule has 0 fully saturated rings. The molecule has 1 radical (unpaired) electrons. The van der Waals surface area contributed by atoms with Crippen LogP contribution in [0.3, 0.4) is 0 Å². The first-order valence-electron chi connectivity index (χ1n) is 11.5. The van der Waals surface area contributed by atoms with Gasteiger partial charge in [-0.25, -0.2) is 0 Å². The summed E-state index contributed by atoms with van der Waals surface area (Å²) in [5, 5.41) is 9.55. The molecule has 0 bridgehead atoms. The summed E-state index contributed by atoms with van der Waals surface area (Å²) in [5.41, 5.74) is 11.0. The Hall–Kier alpha value is -3.07. The van der Waals surface area contributed by atoms with E-state index in [9.17, 15) is 4.79 Å². The molecule has 4 heteroatoms. The van der Waals surface area contributed by atoms with Crippen molar-refractivity contribution in [2.45, 2.75) is 47.0 Å². The number of carbonyl (C=O) groups excluding carboxylic acids is 1. The van der Waals surface area contributed by atoms with E-state index in [1.807, 2.05) is 0 Å².